The second-order valence-electron chi connectivity index (χ2n) is 33.4. The van der Waals surface area contributed by atoms with E-state index in [-0.39, 0.29) is 139 Å². The number of nitrogens with one attached hydrogen (secondary N) is 4. The molecule has 4 aliphatic rings. The molecule has 5 aromatic rings. The number of Topliss-reactive ketones (excluding diaryl/α,β-unsaturated/α-hetero) is 3. The normalized spacial score (nSPS) is 26.3. The first-order valence-corrected chi connectivity index (χ1v) is 44.7. The van der Waals surface area contributed by atoms with Gasteiger partial charge in [-0.15, -0.1) is 5.10 Å². The van der Waals surface area contributed by atoms with E-state index in [1.165, 1.54) is 19.3 Å². The molecule has 12 N–H and O–H groups in total. The third kappa shape index (κ3) is 31.5. The van der Waals surface area contributed by atoms with Gasteiger partial charge >= 0.3 is 12.1 Å². The van der Waals surface area contributed by atoms with Crippen molar-refractivity contribution in [1.29, 1.82) is 0 Å². The topological polar surface area (TPSA) is 510 Å². The summed E-state index contributed by atoms with van der Waals surface area (Å²) in [5, 5.41) is 67.8. The number of phenolic OH excluding ortho intramolecular Hbond substituents is 1. The summed E-state index contributed by atoms with van der Waals surface area (Å²) in [7, 11) is 3.12. The number of hydrogen-bond acceptors (Lipinski definition) is 31. The quantitative estimate of drug-likeness (QED) is 0.00914. The maximum Gasteiger partial charge on any atom is 0.407 e. The maximum atomic E-state index is 14.7. The number of methoxy groups -OCH3 is 2. The molecule has 38 nitrogen and oxygen atoms in total. The Balaban J connectivity index is 0.594. The number of carbonyl (C=O) groups excluding carboxylic acids is 8. The highest BCUT2D eigenvalue weighted by molar-refractivity contribution is 6.39. The van der Waals surface area contributed by atoms with Crippen LogP contribution in [0.4, 0.5) is 10.6 Å². The number of nitrogen functional groups attached to an aromatic ring is 1. The lowest BCUT2D eigenvalue weighted by molar-refractivity contribution is -0.265. The van der Waals surface area contributed by atoms with E-state index in [1.54, 1.807) is 68.8 Å². The molecular formula is C90H134N14O24. The molecule has 3 fully saturated rings. The van der Waals surface area contributed by atoms with Crippen molar-refractivity contribution in [2.45, 2.75) is 218 Å². The monoisotopic (exact) mass is 1790 g/mol. The van der Waals surface area contributed by atoms with Crippen molar-refractivity contribution >= 4 is 74.9 Å². The van der Waals surface area contributed by atoms with E-state index in [4.69, 9.17) is 73.4 Å². The van der Waals surface area contributed by atoms with Gasteiger partial charge in [0.2, 0.25) is 17.6 Å². The fourth-order valence-electron chi connectivity index (χ4n) is 16.2. The zero-order chi connectivity index (χ0) is 92.1. The molecule has 128 heavy (non-hydrogen) atoms. The minimum atomic E-state index is -2.51. The average molecular weight is 1800 g/mol. The Kier molecular flexibility index (Phi) is 42.4. The van der Waals surface area contributed by atoms with E-state index in [2.05, 4.69) is 41.2 Å². The molecule has 0 unspecified atom stereocenters. The minimum absolute atomic E-state index is 0.00278. The van der Waals surface area contributed by atoms with E-state index in [9.17, 15) is 58.8 Å². The number of unbranched alkanes of at least 4 members (excludes halogenated alkanes) is 1. The Hall–Kier alpha value is -9.39. The van der Waals surface area contributed by atoms with Crippen LogP contribution < -0.4 is 27.4 Å². The number of H-pyrrole nitrogens is 1. The number of esters is 1. The van der Waals surface area contributed by atoms with Crippen LogP contribution in [0.2, 0.25) is 0 Å². The lowest BCUT2D eigenvalue weighted by atomic mass is 9.79. The lowest BCUT2D eigenvalue weighted by Crippen LogP contribution is -2.61. The van der Waals surface area contributed by atoms with Gasteiger partial charge in [0, 0.05) is 107 Å². The molecule has 1 aromatic carbocycles. The number of aromatic nitrogens is 8. The van der Waals surface area contributed by atoms with Crippen LogP contribution in [0.5, 0.6) is 5.75 Å². The van der Waals surface area contributed by atoms with E-state index >= 15 is 0 Å². The maximum absolute atomic E-state index is 14.7. The van der Waals surface area contributed by atoms with Crippen LogP contribution in [0, 0.1) is 29.6 Å². The smallest absolute Gasteiger partial charge is 0.407 e. The number of allylic oxidation sites excluding steroid dienone is 6. The molecule has 3 aliphatic heterocycles. The molecule has 2 bridgehead atoms. The fourth-order valence-corrected chi connectivity index (χ4v) is 16.2. The first-order chi connectivity index (χ1) is 61.7. The van der Waals surface area contributed by atoms with Crippen molar-refractivity contribution in [2.24, 2.45) is 35.3 Å². The molecule has 0 spiro atoms. The lowest BCUT2D eigenvalue weighted by Gasteiger charge is -2.42. The highest BCUT2D eigenvalue weighted by Gasteiger charge is 2.53. The molecule has 708 valence electrons. The number of cyclic esters (lactones) is 1. The summed E-state index contributed by atoms with van der Waals surface area (Å²) in [5.74, 6) is -9.07. The number of carbonyl (C=O) groups is 8. The van der Waals surface area contributed by atoms with E-state index in [0.29, 0.717) is 145 Å². The van der Waals surface area contributed by atoms with E-state index < -0.39 is 114 Å². The largest absolute Gasteiger partial charge is 0.508 e. The number of hydrogen-bond donors (Lipinski definition) is 10. The number of aliphatic hydroxyl groups is 3. The number of benzene rings is 1. The van der Waals surface area contributed by atoms with Gasteiger partial charge in [-0.2, -0.15) is 5.10 Å². The van der Waals surface area contributed by atoms with E-state index in [1.807, 2.05) is 50.3 Å². The summed E-state index contributed by atoms with van der Waals surface area (Å²) in [4.78, 5) is 122. The van der Waals surface area contributed by atoms with Crippen molar-refractivity contribution in [3.8, 4) is 17.1 Å². The Labute approximate surface area is 746 Å². The number of ketones is 3. The Bertz CT molecular complexity index is 4490. The number of rotatable bonds is 41. The first-order valence-electron chi connectivity index (χ1n) is 44.7. The number of anilines is 1. The van der Waals surface area contributed by atoms with Gasteiger partial charge in [-0.05, 0) is 138 Å². The standard InChI is InChI=1S/C90H134N14O24/c1-57-16-10-9-11-17-58(2)74(117-7)52-67-22-19-62(6)90(116,128-67)84(112)87(113)102-30-14-12-18-72(102)88(114)127-75(53-73(106)59(3)47-61(5)82(110)83(111)81(109)60(4)46-57)68(91)48-63-20-24-71(76(49-63)118-8)104-54-65(99-101-104)55-126-89(115)95-29-35-122-39-43-123-40-36-120-33-26-78(108)94-28-34-121-38-42-125-45-44-124-41-37-119-32-25-77(107)93-27-13-15-31-103-86-79(85(92)96-56-97-86)80(100-103)70-51-64-50-66(105)21-23-69(64)98-70/h9-11,16-17,21,23,47,50-51,54,56-57,59-60,62-63,67-68,71-72,74-76,82-83,98,105,110-111,116H,12-15,18-20,22,24-46,48-49,52-53,55,91H2,1-8H3,(H,93,107)(H,94,108)(H,95,115)(H2,92,96,97)/b11-9+,16-10+,58-17+,61-47+/t57-,59-,60-,62-,63+,67+,68-,71+,72+,74+,75+,76-,82-,83+,90-/m1/s1. The van der Waals surface area contributed by atoms with Crippen molar-refractivity contribution in [3.63, 3.8) is 0 Å². The number of piperidine rings is 1. The van der Waals surface area contributed by atoms with Crippen LogP contribution in [-0.2, 0) is 104 Å². The van der Waals surface area contributed by atoms with Crippen LogP contribution in [0.1, 0.15) is 156 Å². The highest BCUT2D eigenvalue weighted by Crippen LogP contribution is 2.40. The number of aromatic amines is 1. The third-order valence-corrected chi connectivity index (χ3v) is 23.7. The summed E-state index contributed by atoms with van der Waals surface area (Å²) in [5.41, 5.74) is 17.5. The molecule has 1 saturated carbocycles. The number of aromatic hydroxyl groups is 1. The molecule has 15 atom stereocenters. The summed E-state index contributed by atoms with van der Waals surface area (Å²) in [6.07, 6.45) is 12.8. The van der Waals surface area contributed by atoms with Crippen molar-refractivity contribution < 1.29 is 116 Å². The molecule has 4 amide bonds. The zero-order valence-electron chi connectivity index (χ0n) is 75.2. The molecular weight excluding hydrogens is 1660 g/mol. The molecule has 7 heterocycles. The molecule has 4 aromatic heterocycles. The first kappa shape index (κ1) is 102. The van der Waals surface area contributed by atoms with E-state index in [0.717, 1.165) is 39.9 Å². The van der Waals surface area contributed by atoms with Gasteiger partial charge in [0.25, 0.3) is 11.7 Å². The number of ether oxygens (including phenoxy) is 12. The molecule has 1 aliphatic carbocycles. The second kappa shape index (κ2) is 53.1. The number of fused-ring (bicyclic) bond motifs is 5. The van der Waals surface area contributed by atoms with Crippen LogP contribution in [-0.4, -0.2) is 300 Å². The van der Waals surface area contributed by atoms with Gasteiger partial charge in [0.15, 0.2) is 11.4 Å². The molecule has 2 saturated heterocycles. The van der Waals surface area contributed by atoms with Crippen LogP contribution >= 0.6 is 0 Å². The van der Waals surface area contributed by atoms with Crippen molar-refractivity contribution in [1.82, 2.24) is 60.6 Å². The third-order valence-electron chi connectivity index (χ3n) is 23.7. The van der Waals surface area contributed by atoms with Crippen LogP contribution in [0.15, 0.2) is 84.4 Å². The Morgan fingerprint density at radius 3 is 2.07 bits per heavy atom. The zero-order valence-corrected chi connectivity index (χ0v) is 75.2. The predicted octanol–water partition coefficient (Wildman–Crippen LogP) is 6.10. The number of nitrogens with two attached hydrogens (primary N) is 2. The number of aryl methyl sites for hydroxylation is 1. The number of alkyl carbamates (subject to hydrolysis) is 1. The molecule has 0 radical (unpaired) electrons. The van der Waals surface area contributed by atoms with Crippen molar-refractivity contribution in [3.05, 3.63) is 90.1 Å². The Morgan fingerprint density at radius 2 is 1.39 bits per heavy atom. The van der Waals surface area contributed by atoms with Gasteiger partial charge in [0.05, 0.1) is 134 Å². The Morgan fingerprint density at radius 1 is 0.727 bits per heavy atom. The number of nitrogens with zero attached hydrogens (tertiary/aromatic N) is 8. The average Bonchev–Trinajstić information content (AvgIpc) is 1.47. The summed E-state index contributed by atoms with van der Waals surface area (Å²) in [6.45, 7) is 15.8. The van der Waals surface area contributed by atoms with Gasteiger partial charge < -0.3 is 115 Å². The van der Waals surface area contributed by atoms with Gasteiger partial charge in [-0.25, -0.2) is 28.9 Å². The number of phenols is 1. The minimum Gasteiger partial charge on any atom is -0.508 e. The fraction of sp³-hybridized carbons (Fsp3) is 0.656. The predicted molar refractivity (Wildman–Crippen MR) is 469 cm³/mol. The van der Waals surface area contributed by atoms with Crippen LogP contribution in [0.25, 0.3) is 33.3 Å². The summed E-state index contributed by atoms with van der Waals surface area (Å²) >= 11 is 0. The van der Waals surface area contributed by atoms with Crippen molar-refractivity contribution in [2.75, 3.05) is 139 Å². The van der Waals surface area contributed by atoms with Gasteiger partial charge in [-0.1, -0.05) is 69.4 Å². The van der Waals surface area contributed by atoms with Gasteiger partial charge in [-0.3, -0.25) is 28.8 Å². The molecule has 38 heteroatoms. The SMILES string of the molecule is CO[C@H]1C[C@@H]2CC[C@@H](C)[C@@](O)(O2)C(=O)C(=O)N2CCCC[C@H]2C(=O)O[C@H]([C@H](N)C[C@@H]2CC[C@H](n3cc(COC(=O)NCCOCCOCCOCCC(=O)NCCOCCOCCOCCOCCC(=O)NCCCCn4nc(-c5cc6cc(O)ccc6[nH]5)c5c(N)ncnc54)nn3)[C@H](OC)C2)CC(=O)[C@H](C)/C=C(\C)[C@@H](O)[C@@H](O)C(=O)[C@H](C)C[C@H](C)/C=C/C=C/C=C/1C. The summed E-state index contributed by atoms with van der Waals surface area (Å²) in [6, 6.07) is 4.46. The summed E-state index contributed by atoms with van der Waals surface area (Å²) < 4.78 is 72.1. The van der Waals surface area contributed by atoms with Gasteiger partial charge in [0.1, 0.15) is 66.0 Å². The van der Waals surface area contributed by atoms with Crippen LogP contribution in [0.3, 0.4) is 0 Å². The number of amides is 4. The highest BCUT2D eigenvalue weighted by atomic mass is 16.6. The number of aliphatic hydroxyl groups excluding tert-OH is 2. The second-order valence-corrected chi connectivity index (χ2v) is 33.4. The molecule has 9 rings (SSSR count).